The van der Waals surface area contributed by atoms with Crippen LogP contribution in [0.5, 0.6) is 5.75 Å². The van der Waals surface area contributed by atoms with Gasteiger partial charge < -0.3 is 20.8 Å². The fourth-order valence-corrected chi connectivity index (χ4v) is 4.53. The zero-order chi connectivity index (χ0) is 21.8. The van der Waals surface area contributed by atoms with Crippen molar-refractivity contribution < 1.29 is 4.74 Å². The number of hydrogen-bond donors (Lipinski definition) is 3. The quantitative estimate of drug-likeness (QED) is 0.397. The van der Waals surface area contributed by atoms with E-state index in [1.165, 1.54) is 48.6 Å². The SMILES string of the molecule is CCc1nc(/C(N)=C(\CNc2nc(C3CC3)ns2)N(C)N)ccc1OC1CCCCC1. The Morgan fingerprint density at radius 3 is 2.65 bits per heavy atom. The summed E-state index contributed by atoms with van der Waals surface area (Å²) >= 11 is 1.38. The number of nitrogens with zero attached hydrogens (tertiary/aromatic N) is 4. The molecule has 31 heavy (non-hydrogen) atoms. The van der Waals surface area contributed by atoms with Crippen molar-refractivity contribution in [2.24, 2.45) is 11.6 Å². The first-order valence-electron chi connectivity index (χ1n) is 11.3. The molecule has 2 heterocycles. The van der Waals surface area contributed by atoms with Gasteiger partial charge in [-0.3, -0.25) is 0 Å². The Bertz CT molecular complexity index is 916. The van der Waals surface area contributed by atoms with Crippen LogP contribution in [-0.4, -0.2) is 39.0 Å². The molecule has 0 aliphatic heterocycles. The van der Waals surface area contributed by atoms with Gasteiger partial charge in [0, 0.05) is 24.5 Å². The number of aromatic nitrogens is 3. The fourth-order valence-electron chi connectivity index (χ4n) is 3.89. The normalized spacial score (nSPS) is 17.9. The third kappa shape index (κ3) is 5.46. The molecule has 2 aliphatic rings. The molecule has 0 atom stereocenters. The average Bonchev–Trinajstić information content (AvgIpc) is 3.52. The van der Waals surface area contributed by atoms with Crippen molar-refractivity contribution in [1.29, 1.82) is 0 Å². The number of hydrogen-bond acceptors (Lipinski definition) is 9. The number of anilines is 1. The molecule has 168 valence electrons. The fraction of sp³-hybridized carbons (Fsp3) is 0.591. The van der Waals surface area contributed by atoms with E-state index in [0.717, 1.165) is 47.4 Å². The minimum absolute atomic E-state index is 0.293. The van der Waals surface area contributed by atoms with Gasteiger partial charge in [-0.2, -0.15) is 4.37 Å². The number of aryl methyl sites for hydroxylation is 1. The van der Waals surface area contributed by atoms with Gasteiger partial charge in [0.25, 0.3) is 0 Å². The van der Waals surface area contributed by atoms with E-state index < -0.39 is 0 Å². The maximum atomic E-state index is 6.51. The van der Waals surface area contributed by atoms with E-state index in [0.29, 0.717) is 30.0 Å². The van der Waals surface area contributed by atoms with Crippen molar-refractivity contribution in [1.82, 2.24) is 19.4 Å². The van der Waals surface area contributed by atoms with Gasteiger partial charge in [0.15, 0.2) is 0 Å². The highest BCUT2D eigenvalue weighted by Gasteiger charge is 2.28. The zero-order valence-electron chi connectivity index (χ0n) is 18.4. The summed E-state index contributed by atoms with van der Waals surface area (Å²) in [5.74, 6) is 8.44. The standard InChI is InChI=1S/C22H33N7OS/c1-3-16-19(30-15-7-5-4-6-8-15)12-11-17(26-16)20(23)18(29(2)24)13-25-22-27-21(28-31-22)14-9-10-14/h11-12,14-15H,3-10,13,23-24H2,1-2H3,(H,25,27,28)/b20-18-. The third-order valence-corrected chi connectivity index (χ3v) is 6.60. The number of ether oxygens (including phenoxy) is 1. The lowest BCUT2D eigenvalue weighted by Crippen LogP contribution is -2.32. The first-order chi connectivity index (χ1) is 15.0. The molecule has 2 aromatic heterocycles. The predicted octanol–water partition coefficient (Wildman–Crippen LogP) is 3.63. The first-order valence-corrected chi connectivity index (χ1v) is 12.0. The van der Waals surface area contributed by atoms with Gasteiger partial charge in [0.05, 0.1) is 35.4 Å². The van der Waals surface area contributed by atoms with E-state index in [2.05, 4.69) is 21.6 Å². The number of rotatable bonds is 9. The molecule has 2 aromatic rings. The van der Waals surface area contributed by atoms with Crippen LogP contribution in [0.15, 0.2) is 17.8 Å². The van der Waals surface area contributed by atoms with Gasteiger partial charge in [-0.05, 0) is 57.1 Å². The molecule has 5 N–H and O–H groups in total. The molecule has 9 heteroatoms. The number of hydrazine groups is 1. The molecule has 0 amide bonds. The van der Waals surface area contributed by atoms with E-state index in [1.54, 1.807) is 7.05 Å². The highest BCUT2D eigenvalue weighted by molar-refractivity contribution is 7.09. The molecule has 0 spiro atoms. The van der Waals surface area contributed by atoms with Crippen molar-refractivity contribution >= 4 is 22.4 Å². The summed E-state index contributed by atoms with van der Waals surface area (Å²) in [7, 11) is 1.78. The van der Waals surface area contributed by atoms with E-state index in [4.69, 9.17) is 21.3 Å². The number of pyridine rings is 1. The van der Waals surface area contributed by atoms with Crippen molar-refractivity contribution in [3.8, 4) is 5.75 Å². The van der Waals surface area contributed by atoms with Crippen LogP contribution < -0.4 is 21.6 Å². The predicted molar refractivity (Wildman–Crippen MR) is 125 cm³/mol. The molecule has 2 fully saturated rings. The summed E-state index contributed by atoms with van der Waals surface area (Å²) in [6.45, 7) is 2.53. The summed E-state index contributed by atoms with van der Waals surface area (Å²) in [4.78, 5) is 9.38. The largest absolute Gasteiger partial charge is 0.489 e. The molecule has 0 unspecified atom stereocenters. The third-order valence-electron chi connectivity index (χ3n) is 5.92. The van der Waals surface area contributed by atoms with Gasteiger partial charge in [-0.1, -0.05) is 13.3 Å². The van der Waals surface area contributed by atoms with E-state index in [9.17, 15) is 0 Å². The van der Waals surface area contributed by atoms with Crippen LogP contribution >= 0.6 is 11.5 Å². The van der Waals surface area contributed by atoms with Gasteiger partial charge >= 0.3 is 0 Å². The van der Waals surface area contributed by atoms with Crippen LogP contribution in [0.25, 0.3) is 5.70 Å². The van der Waals surface area contributed by atoms with Gasteiger partial charge in [-0.15, -0.1) is 0 Å². The maximum Gasteiger partial charge on any atom is 0.202 e. The second kappa shape index (κ2) is 9.82. The Morgan fingerprint density at radius 1 is 1.19 bits per heavy atom. The van der Waals surface area contributed by atoms with Crippen molar-refractivity contribution in [2.45, 2.75) is 70.3 Å². The van der Waals surface area contributed by atoms with Gasteiger partial charge in [0.1, 0.15) is 11.6 Å². The number of nitrogens with one attached hydrogen (secondary N) is 1. The van der Waals surface area contributed by atoms with E-state index in [1.807, 2.05) is 12.1 Å². The Balaban J connectivity index is 1.49. The molecular formula is C22H33N7OS. The Labute approximate surface area is 188 Å². The lowest BCUT2D eigenvalue weighted by molar-refractivity contribution is 0.153. The molecular weight excluding hydrogens is 410 g/mol. The first kappa shape index (κ1) is 21.8. The molecule has 0 radical (unpaired) electrons. The van der Waals surface area contributed by atoms with Crippen molar-refractivity contribution in [3.05, 3.63) is 35.0 Å². The molecule has 0 aromatic carbocycles. The van der Waals surface area contributed by atoms with Crippen LogP contribution in [-0.2, 0) is 6.42 Å². The number of likely N-dealkylation sites (N-methyl/N-ethyl adjacent to an activating group) is 1. The molecule has 2 saturated carbocycles. The molecule has 0 saturated heterocycles. The smallest absolute Gasteiger partial charge is 0.202 e. The average molecular weight is 444 g/mol. The molecule has 8 nitrogen and oxygen atoms in total. The lowest BCUT2D eigenvalue weighted by Gasteiger charge is -2.24. The van der Waals surface area contributed by atoms with Crippen LogP contribution in [0.3, 0.4) is 0 Å². The molecule has 4 rings (SSSR count). The minimum Gasteiger partial charge on any atom is -0.489 e. The second-order valence-corrected chi connectivity index (χ2v) is 9.18. The van der Waals surface area contributed by atoms with Gasteiger partial charge in [0.2, 0.25) is 5.13 Å². The summed E-state index contributed by atoms with van der Waals surface area (Å²) in [6, 6.07) is 3.92. The Kier molecular flexibility index (Phi) is 6.92. The maximum absolute atomic E-state index is 6.51. The van der Waals surface area contributed by atoms with Gasteiger partial charge in [-0.25, -0.2) is 15.8 Å². The summed E-state index contributed by atoms with van der Waals surface area (Å²) in [6.07, 6.45) is 9.47. The van der Waals surface area contributed by atoms with Crippen molar-refractivity contribution in [3.63, 3.8) is 0 Å². The topological polar surface area (TPSA) is 115 Å². The highest BCUT2D eigenvalue weighted by Crippen LogP contribution is 2.39. The zero-order valence-corrected chi connectivity index (χ0v) is 19.2. The minimum atomic E-state index is 0.293. The van der Waals surface area contributed by atoms with Crippen molar-refractivity contribution in [2.75, 3.05) is 18.9 Å². The summed E-state index contributed by atoms with van der Waals surface area (Å²) in [5.41, 5.74) is 9.43. The molecule has 0 bridgehead atoms. The monoisotopic (exact) mass is 443 g/mol. The summed E-state index contributed by atoms with van der Waals surface area (Å²) in [5, 5.41) is 5.62. The van der Waals surface area contributed by atoms with E-state index >= 15 is 0 Å². The highest BCUT2D eigenvalue weighted by atomic mass is 32.1. The van der Waals surface area contributed by atoms with Crippen LogP contribution in [0.1, 0.15) is 75.0 Å². The van der Waals surface area contributed by atoms with E-state index in [-0.39, 0.29) is 0 Å². The Morgan fingerprint density at radius 2 is 1.97 bits per heavy atom. The second-order valence-electron chi connectivity index (χ2n) is 8.43. The molecule has 2 aliphatic carbocycles. The van der Waals surface area contributed by atoms with Crippen LogP contribution in [0.2, 0.25) is 0 Å². The number of nitrogens with two attached hydrogens (primary N) is 2. The Hall–Kier alpha value is -2.39. The van der Waals surface area contributed by atoms with Crippen LogP contribution in [0, 0.1) is 0 Å². The lowest BCUT2D eigenvalue weighted by atomic mass is 9.98. The van der Waals surface area contributed by atoms with Crippen LogP contribution in [0.4, 0.5) is 5.13 Å². The summed E-state index contributed by atoms with van der Waals surface area (Å²) < 4.78 is 10.7.